The summed E-state index contributed by atoms with van der Waals surface area (Å²) >= 11 is 0. The molecule has 2 N–H and O–H groups in total. The van der Waals surface area contributed by atoms with E-state index in [-0.39, 0.29) is 12.4 Å². The first-order valence-corrected chi connectivity index (χ1v) is 10.5. The number of aliphatic hydroxyl groups is 1. The smallest absolute Gasteiger partial charge is 0.328 e. The highest BCUT2D eigenvalue weighted by molar-refractivity contribution is 5.97. The summed E-state index contributed by atoms with van der Waals surface area (Å²) in [5.41, 5.74) is 2.30. The summed E-state index contributed by atoms with van der Waals surface area (Å²) in [7, 11) is 0. The summed E-state index contributed by atoms with van der Waals surface area (Å²) in [6.07, 6.45) is 9.29. The van der Waals surface area contributed by atoms with Crippen LogP contribution in [0.25, 0.3) is 6.08 Å². The van der Waals surface area contributed by atoms with E-state index in [1.54, 1.807) is 24.3 Å². The monoisotopic (exact) mass is 410 g/mol. The Morgan fingerprint density at radius 1 is 0.833 bits per heavy atom. The first kappa shape index (κ1) is 23.4. The van der Waals surface area contributed by atoms with Gasteiger partial charge >= 0.3 is 5.97 Å². The van der Waals surface area contributed by atoms with E-state index in [1.807, 2.05) is 24.3 Å². The highest BCUT2D eigenvalue weighted by Crippen LogP contribution is 2.16. The van der Waals surface area contributed by atoms with Crippen LogP contribution in [0.5, 0.6) is 5.75 Å². The van der Waals surface area contributed by atoms with Crippen LogP contribution < -0.4 is 4.74 Å². The number of Topliss-reactive ketones (excluding diaryl/α,β-unsaturated/α-hetero) is 1. The van der Waals surface area contributed by atoms with Crippen molar-refractivity contribution in [3.8, 4) is 5.75 Å². The number of unbranched alkanes of at least 4 members (excludes halogenated alkanes) is 5. The zero-order chi connectivity index (χ0) is 21.6. The van der Waals surface area contributed by atoms with Gasteiger partial charge in [-0.3, -0.25) is 4.79 Å². The zero-order valence-electron chi connectivity index (χ0n) is 17.3. The highest BCUT2D eigenvalue weighted by atomic mass is 16.5. The van der Waals surface area contributed by atoms with Crippen molar-refractivity contribution >= 4 is 17.8 Å². The summed E-state index contributed by atoms with van der Waals surface area (Å²) in [5.74, 6) is -0.199. The molecule has 0 unspecified atom stereocenters. The summed E-state index contributed by atoms with van der Waals surface area (Å²) in [5, 5.41) is 17.4. The first-order chi connectivity index (χ1) is 14.6. The number of hydrogen-bond donors (Lipinski definition) is 2. The molecule has 0 fully saturated rings. The molecule has 2 rings (SSSR count). The van der Waals surface area contributed by atoms with Crippen molar-refractivity contribution in [2.24, 2.45) is 0 Å². The average molecular weight is 411 g/mol. The van der Waals surface area contributed by atoms with Crippen LogP contribution in [0, 0.1) is 0 Å². The van der Waals surface area contributed by atoms with Crippen LogP contribution in [0.4, 0.5) is 0 Å². The topological polar surface area (TPSA) is 83.8 Å². The van der Waals surface area contributed by atoms with Gasteiger partial charge in [-0.2, -0.15) is 0 Å². The number of carbonyl (C=O) groups excluding carboxylic acids is 1. The lowest BCUT2D eigenvalue weighted by atomic mass is 10.0. The predicted octanol–water partition coefficient (Wildman–Crippen LogP) is 4.92. The molecule has 0 aromatic heterocycles. The van der Waals surface area contributed by atoms with E-state index in [0.29, 0.717) is 18.6 Å². The third kappa shape index (κ3) is 9.05. The normalized spacial score (nSPS) is 11.0. The molecule has 2 aromatic carbocycles. The second-order valence-electron chi connectivity index (χ2n) is 7.23. The van der Waals surface area contributed by atoms with Crippen LogP contribution in [0.3, 0.4) is 0 Å². The molecule has 2 aromatic rings. The quantitative estimate of drug-likeness (QED) is 0.262. The van der Waals surface area contributed by atoms with Gasteiger partial charge in [0.25, 0.3) is 0 Å². The number of ketones is 1. The van der Waals surface area contributed by atoms with Crippen LogP contribution >= 0.6 is 0 Å². The van der Waals surface area contributed by atoms with E-state index >= 15 is 0 Å². The number of benzene rings is 2. The van der Waals surface area contributed by atoms with Crippen LogP contribution in [-0.2, 0) is 11.2 Å². The van der Waals surface area contributed by atoms with Gasteiger partial charge in [0.05, 0.1) is 6.61 Å². The van der Waals surface area contributed by atoms with Crippen LogP contribution in [0.15, 0.2) is 54.6 Å². The van der Waals surface area contributed by atoms with E-state index in [9.17, 15) is 9.59 Å². The lowest BCUT2D eigenvalue weighted by molar-refractivity contribution is -0.131. The van der Waals surface area contributed by atoms with E-state index in [1.165, 1.54) is 6.08 Å². The van der Waals surface area contributed by atoms with Crippen LogP contribution in [0.1, 0.15) is 60.0 Å². The summed E-state index contributed by atoms with van der Waals surface area (Å²) in [6.45, 7) is 0.941. The second kappa shape index (κ2) is 13.3. The second-order valence-corrected chi connectivity index (χ2v) is 7.23. The molecule has 30 heavy (non-hydrogen) atoms. The Hall–Kier alpha value is -2.92. The van der Waals surface area contributed by atoms with Crippen LogP contribution in [-0.4, -0.2) is 35.2 Å². The van der Waals surface area contributed by atoms with E-state index in [0.717, 1.165) is 61.5 Å². The van der Waals surface area contributed by atoms with Gasteiger partial charge in [-0.05, 0) is 54.3 Å². The van der Waals surface area contributed by atoms with Gasteiger partial charge in [0.1, 0.15) is 5.75 Å². The fourth-order valence-corrected chi connectivity index (χ4v) is 3.05. The van der Waals surface area contributed by atoms with Gasteiger partial charge in [-0.1, -0.05) is 49.9 Å². The molecule has 0 bridgehead atoms. The van der Waals surface area contributed by atoms with Gasteiger partial charge in [0.15, 0.2) is 5.78 Å². The number of carbonyl (C=O) groups is 2. The van der Waals surface area contributed by atoms with Gasteiger partial charge in [-0.25, -0.2) is 4.79 Å². The van der Waals surface area contributed by atoms with Crippen molar-refractivity contribution in [2.75, 3.05) is 13.2 Å². The molecule has 5 heteroatoms. The molecular formula is C25H30O5. The standard InChI is InChI=1S/C25H30O5/c26-17-5-3-1-2-4-6-18-30-23-14-12-22(13-15-23)24(27)19-21-9-7-20(8-10-21)11-16-25(28)29/h7-16,26H,1-6,17-19H2,(H,28,29)/b16-11+. The highest BCUT2D eigenvalue weighted by Gasteiger charge is 2.07. The van der Waals surface area contributed by atoms with Crippen molar-refractivity contribution < 1.29 is 24.5 Å². The largest absolute Gasteiger partial charge is 0.494 e. The number of aliphatic hydroxyl groups excluding tert-OH is 1. The number of carboxylic acids is 1. The van der Waals surface area contributed by atoms with Crippen molar-refractivity contribution in [1.82, 2.24) is 0 Å². The maximum Gasteiger partial charge on any atom is 0.328 e. The third-order valence-electron chi connectivity index (χ3n) is 4.76. The molecule has 0 saturated carbocycles. The fraction of sp³-hybridized carbons (Fsp3) is 0.360. The zero-order valence-corrected chi connectivity index (χ0v) is 17.3. The Bertz CT molecular complexity index is 806. The molecule has 0 spiro atoms. The summed E-state index contributed by atoms with van der Waals surface area (Å²) in [6, 6.07) is 14.5. The van der Waals surface area contributed by atoms with Crippen molar-refractivity contribution in [2.45, 2.75) is 44.9 Å². The molecule has 160 valence electrons. The third-order valence-corrected chi connectivity index (χ3v) is 4.76. The lowest BCUT2D eigenvalue weighted by Gasteiger charge is -2.07. The Morgan fingerprint density at radius 3 is 2.10 bits per heavy atom. The molecule has 0 saturated heterocycles. The molecule has 0 aliphatic rings. The summed E-state index contributed by atoms with van der Waals surface area (Å²) < 4.78 is 5.74. The van der Waals surface area contributed by atoms with Gasteiger partial charge in [0, 0.05) is 24.7 Å². The van der Waals surface area contributed by atoms with Gasteiger partial charge < -0.3 is 14.9 Å². The van der Waals surface area contributed by atoms with Crippen molar-refractivity contribution in [1.29, 1.82) is 0 Å². The maximum absolute atomic E-state index is 12.5. The minimum atomic E-state index is -0.990. The lowest BCUT2D eigenvalue weighted by Crippen LogP contribution is -2.04. The number of hydrogen-bond acceptors (Lipinski definition) is 4. The van der Waals surface area contributed by atoms with E-state index in [2.05, 4.69) is 0 Å². The molecule has 0 aliphatic carbocycles. The SMILES string of the molecule is O=C(O)/C=C/c1ccc(CC(=O)c2ccc(OCCCCCCCCO)cc2)cc1. The molecule has 0 aliphatic heterocycles. The number of rotatable bonds is 14. The predicted molar refractivity (Wildman–Crippen MR) is 118 cm³/mol. The van der Waals surface area contributed by atoms with E-state index in [4.69, 9.17) is 14.9 Å². The minimum Gasteiger partial charge on any atom is -0.494 e. The minimum absolute atomic E-state index is 0.0262. The molecular weight excluding hydrogens is 380 g/mol. The van der Waals surface area contributed by atoms with E-state index < -0.39 is 5.97 Å². The maximum atomic E-state index is 12.5. The molecule has 0 radical (unpaired) electrons. The Labute approximate surface area is 178 Å². The molecule has 5 nitrogen and oxygen atoms in total. The Balaban J connectivity index is 1.73. The number of carboxylic acid groups (broad SMARTS) is 1. The summed E-state index contributed by atoms with van der Waals surface area (Å²) in [4.78, 5) is 23.0. The molecule has 0 amide bonds. The van der Waals surface area contributed by atoms with Crippen molar-refractivity contribution in [3.05, 3.63) is 71.3 Å². The Morgan fingerprint density at radius 2 is 1.47 bits per heavy atom. The average Bonchev–Trinajstić information content (AvgIpc) is 2.75. The molecule has 0 heterocycles. The number of aliphatic carboxylic acids is 1. The number of ether oxygens (including phenoxy) is 1. The van der Waals surface area contributed by atoms with Gasteiger partial charge in [0.2, 0.25) is 0 Å². The molecule has 0 atom stereocenters. The van der Waals surface area contributed by atoms with Gasteiger partial charge in [-0.15, -0.1) is 0 Å². The fourth-order valence-electron chi connectivity index (χ4n) is 3.05. The first-order valence-electron chi connectivity index (χ1n) is 10.5. The van der Waals surface area contributed by atoms with Crippen LogP contribution in [0.2, 0.25) is 0 Å². The van der Waals surface area contributed by atoms with Crippen molar-refractivity contribution in [3.63, 3.8) is 0 Å². The Kier molecular flexibility index (Phi) is 10.4.